The first kappa shape index (κ1) is 10.7. The third-order valence-corrected chi connectivity index (χ3v) is 1.66. The van der Waals surface area contributed by atoms with E-state index in [1.807, 2.05) is 0 Å². The molecule has 0 nitrogen and oxygen atoms in total. The standard InChI is InChI=1S/C10H14.BrH/c1-2-3-7-10-8-5-4-6-9-10;/h4-6,8-9H,2-3,7H2,1H3;1H. The van der Waals surface area contributed by atoms with Crippen molar-refractivity contribution in [2.45, 2.75) is 26.2 Å². The third-order valence-electron chi connectivity index (χ3n) is 1.66. The summed E-state index contributed by atoms with van der Waals surface area (Å²) in [6.45, 7) is 2.23. The Morgan fingerprint density at radius 1 is 1.09 bits per heavy atom. The van der Waals surface area contributed by atoms with Gasteiger partial charge in [0.05, 0.1) is 0 Å². The van der Waals surface area contributed by atoms with Crippen LogP contribution in [-0.2, 0) is 6.42 Å². The average Bonchev–Trinajstić information content (AvgIpc) is 2.03. The number of unbranched alkanes of at least 4 members (excludes halogenated alkanes) is 1. The maximum Gasteiger partial charge on any atom is -0.0279 e. The molecule has 0 aliphatic rings. The zero-order chi connectivity index (χ0) is 7.23. The van der Waals surface area contributed by atoms with Crippen LogP contribution in [0.25, 0.3) is 0 Å². The molecule has 0 heterocycles. The summed E-state index contributed by atoms with van der Waals surface area (Å²) < 4.78 is 0. The number of benzene rings is 1. The van der Waals surface area contributed by atoms with E-state index in [0.717, 1.165) is 0 Å². The van der Waals surface area contributed by atoms with Crippen LogP contribution in [0.3, 0.4) is 0 Å². The topological polar surface area (TPSA) is 0 Å². The van der Waals surface area contributed by atoms with Gasteiger partial charge in [0.2, 0.25) is 0 Å². The molecule has 1 aromatic carbocycles. The largest absolute Gasteiger partial charge is 0.114 e. The summed E-state index contributed by atoms with van der Waals surface area (Å²) in [6, 6.07) is 10.6. The average molecular weight is 215 g/mol. The van der Waals surface area contributed by atoms with Gasteiger partial charge in [-0.1, -0.05) is 43.7 Å². The number of hydrogen-bond donors (Lipinski definition) is 0. The van der Waals surface area contributed by atoms with Crippen molar-refractivity contribution in [3.05, 3.63) is 35.9 Å². The van der Waals surface area contributed by atoms with Crippen molar-refractivity contribution in [1.29, 1.82) is 0 Å². The van der Waals surface area contributed by atoms with Crippen molar-refractivity contribution in [2.75, 3.05) is 0 Å². The minimum Gasteiger partial charge on any atom is -0.114 e. The fourth-order valence-electron chi connectivity index (χ4n) is 1.03. The lowest BCUT2D eigenvalue weighted by molar-refractivity contribution is 0.795. The molecule has 1 heteroatoms. The van der Waals surface area contributed by atoms with Crippen LogP contribution in [0.15, 0.2) is 30.3 Å². The molecule has 0 atom stereocenters. The number of aryl methyl sites for hydroxylation is 1. The smallest absolute Gasteiger partial charge is 0.0279 e. The molecule has 0 amide bonds. The van der Waals surface area contributed by atoms with Crippen molar-refractivity contribution in [3.8, 4) is 0 Å². The molecule has 0 saturated heterocycles. The van der Waals surface area contributed by atoms with E-state index in [1.54, 1.807) is 0 Å². The van der Waals surface area contributed by atoms with Gasteiger partial charge in [-0.2, -0.15) is 0 Å². The Kier molecular flexibility index (Phi) is 6.24. The van der Waals surface area contributed by atoms with Crippen LogP contribution in [0.1, 0.15) is 25.3 Å². The second kappa shape index (κ2) is 6.41. The van der Waals surface area contributed by atoms with Gasteiger partial charge in [0, 0.05) is 0 Å². The van der Waals surface area contributed by atoms with E-state index in [2.05, 4.69) is 37.3 Å². The van der Waals surface area contributed by atoms with E-state index >= 15 is 0 Å². The van der Waals surface area contributed by atoms with Gasteiger partial charge >= 0.3 is 0 Å². The highest BCUT2D eigenvalue weighted by Crippen LogP contribution is 2.03. The van der Waals surface area contributed by atoms with Gasteiger partial charge in [0.15, 0.2) is 0 Å². The summed E-state index contributed by atoms with van der Waals surface area (Å²) >= 11 is 0. The molecule has 0 saturated carbocycles. The maximum absolute atomic E-state index is 2.23. The molecule has 62 valence electrons. The Balaban J connectivity index is 0.000001000. The Morgan fingerprint density at radius 3 is 2.27 bits per heavy atom. The first-order chi connectivity index (χ1) is 4.93. The fourth-order valence-corrected chi connectivity index (χ4v) is 1.03. The van der Waals surface area contributed by atoms with Gasteiger partial charge < -0.3 is 0 Å². The van der Waals surface area contributed by atoms with E-state index in [-0.39, 0.29) is 17.0 Å². The summed E-state index contributed by atoms with van der Waals surface area (Å²) in [4.78, 5) is 0. The van der Waals surface area contributed by atoms with Crippen LogP contribution in [0.2, 0.25) is 0 Å². The molecule has 0 spiro atoms. The second-order valence-electron chi connectivity index (χ2n) is 2.59. The van der Waals surface area contributed by atoms with Gasteiger partial charge in [0.1, 0.15) is 0 Å². The zero-order valence-corrected chi connectivity index (χ0v) is 8.63. The molecule has 1 aromatic rings. The SMILES string of the molecule is Br.CCCCc1ccccc1. The third kappa shape index (κ3) is 4.20. The molecule has 0 radical (unpaired) electrons. The highest BCUT2D eigenvalue weighted by Gasteiger charge is 1.87. The van der Waals surface area contributed by atoms with Crippen molar-refractivity contribution >= 4 is 17.0 Å². The molecule has 0 fully saturated rings. The predicted octanol–water partition coefficient (Wildman–Crippen LogP) is 3.61. The molecule has 1 rings (SSSR count). The van der Waals surface area contributed by atoms with Crippen LogP contribution in [0, 0.1) is 0 Å². The summed E-state index contributed by atoms with van der Waals surface area (Å²) in [5, 5.41) is 0. The van der Waals surface area contributed by atoms with Crippen molar-refractivity contribution in [2.24, 2.45) is 0 Å². The summed E-state index contributed by atoms with van der Waals surface area (Å²) in [5.74, 6) is 0. The lowest BCUT2D eigenvalue weighted by Crippen LogP contribution is -1.81. The number of rotatable bonds is 3. The van der Waals surface area contributed by atoms with Crippen molar-refractivity contribution < 1.29 is 0 Å². The molecular weight excluding hydrogens is 200 g/mol. The van der Waals surface area contributed by atoms with Gasteiger partial charge in [-0.15, -0.1) is 17.0 Å². The first-order valence-electron chi connectivity index (χ1n) is 3.97. The zero-order valence-electron chi connectivity index (χ0n) is 6.92. The van der Waals surface area contributed by atoms with Crippen molar-refractivity contribution in [3.63, 3.8) is 0 Å². The van der Waals surface area contributed by atoms with Crippen LogP contribution < -0.4 is 0 Å². The molecule has 0 aliphatic heterocycles. The van der Waals surface area contributed by atoms with Gasteiger partial charge in [-0.25, -0.2) is 0 Å². The van der Waals surface area contributed by atoms with Crippen molar-refractivity contribution in [1.82, 2.24) is 0 Å². The Labute approximate surface area is 79.4 Å². The monoisotopic (exact) mass is 214 g/mol. The normalized spacial score (nSPS) is 8.82. The lowest BCUT2D eigenvalue weighted by Gasteiger charge is -1.96. The Bertz CT molecular complexity index is 169. The molecular formula is C10H15Br. The summed E-state index contributed by atoms with van der Waals surface area (Å²) in [6.07, 6.45) is 3.83. The molecule has 0 N–H and O–H groups in total. The maximum atomic E-state index is 2.23. The minimum absolute atomic E-state index is 0. The fraction of sp³-hybridized carbons (Fsp3) is 0.400. The van der Waals surface area contributed by atoms with Crippen LogP contribution in [0.5, 0.6) is 0 Å². The minimum atomic E-state index is 0. The quantitative estimate of drug-likeness (QED) is 0.722. The molecule has 0 unspecified atom stereocenters. The molecule has 0 bridgehead atoms. The van der Waals surface area contributed by atoms with E-state index in [0.29, 0.717) is 0 Å². The van der Waals surface area contributed by atoms with E-state index in [4.69, 9.17) is 0 Å². The lowest BCUT2D eigenvalue weighted by atomic mass is 10.1. The highest BCUT2D eigenvalue weighted by molar-refractivity contribution is 8.93. The molecule has 0 aromatic heterocycles. The summed E-state index contributed by atoms with van der Waals surface area (Å²) in [5.41, 5.74) is 1.46. The van der Waals surface area contributed by atoms with Gasteiger partial charge in [-0.05, 0) is 18.4 Å². The van der Waals surface area contributed by atoms with Crippen LogP contribution in [0.4, 0.5) is 0 Å². The molecule has 0 aliphatic carbocycles. The Hall–Kier alpha value is -0.300. The predicted molar refractivity (Wildman–Crippen MR) is 55.4 cm³/mol. The Morgan fingerprint density at radius 2 is 1.73 bits per heavy atom. The first-order valence-corrected chi connectivity index (χ1v) is 3.97. The van der Waals surface area contributed by atoms with Crippen LogP contribution >= 0.6 is 17.0 Å². The number of hydrogen-bond acceptors (Lipinski definition) is 0. The van der Waals surface area contributed by atoms with E-state index in [1.165, 1.54) is 24.8 Å². The van der Waals surface area contributed by atoms with Gasteiger partial charge in [0.25, 0.3) is 0 Å². The highest BCUT2D eigenvalue weighted by atomic mass is 79.9. The van der Waals surface area contributed by atoms with Crippen LogP contribution in [-0.4, -0.2) is 0 Å². The second-order valence-corrected chi connectivity index (χ2v) is 2.59. The van der Waals surface area contributed by atoms with E-state index in [9.17, 15) is 0 Å². The molecule has 11 heavy (non-hydrogen) atoms. The van der Waals surface area contributed by atoms with E-state index < -0.39 is 0 Å². The van der Waals surface area contributed by atoms with Gasteiger partial charge in [-0.3, -0.25) is 0 Å². The summed E-state index contributed by atoms with van der Waals surface area (Å²) in [7, 11) is 0. The number of halogens is 1.